The third-order valence-corrected chi connectivity index (χ3v) is 5.79. The Morgan fingerprint density at radius 1 is 1.31 bits per heavy atom. The Hall–Kier alpha value is -2.98. The van der Waals surface area contributed by atoms with E-state index >= 15 is 0 Å². The third-order valence-electron chi connectivity index (χ3n) is 3.73. The van der Waals surface area contributed by atoms with Gasteiger partial charge in [0, 0.05) is 30.1 Å². The summed E-state index contributed by atoms with van der Waals surface area (Å²) < 4.78 is 31.6. The molecule has 12 heteroatoms. The monoisotopic (exact) mass is 523 g/mol. The molecule has 0 bridgehead atoms. The van der Waals surface area contributed by atoms with Crippen molar-refractivity contribution in [3.63, 3.8) is 0 Å². The van der Waals surface area contributed by atoms with Crippen LogP contribution < -0.4 is 15.4 Å². The number of carbonyl (C=O) groups is 1. The van der Waals surface area contributed by atoms with Gasteiger partial charge in [0.2, 0.25) is 16.0 Å². The summed E-state index contributed by atoms with van der Waals surface area (Å²) in [5, 5.41) is 14.8. The number of rotatable bonds is 9. The minimum atomic E-state index is -3.68. The molecule has 2 aromatic rings. The van der Waals surface area contributed by atoms with Gasteiger partial charge in [-0.2, -0.15) is 4.98 Å². The van der Waals surface area contributed by atoms with Gasteiger partial charge >= 0.3 is 5.97 Å². The van der Waals surface area contributed by atoms with Gasteiger partial charge in [-0.1, -0.05) is 11.8 Å². The predicted molar refractivity (Wildman–Crippen MR) is 124 cm³/mol. The van der Waals surface area contributed by atoms with E-state index in [0.717, 1.165) is 0 Å². The van der Waals surface area contributed by atoms with E-state index in [-0.39, 0.29) is 24.6 Å². The van der Waals surface area contributed by atoms with Crippen LogP contribution in [0.2, 0.25) is 0 Å². The zero-order valence-corrected chi connectivity index (χ0v) is 19.7. The number of hydrogen-bond acceptors (Lipinski definition) is 9. The Labute approximate surface area is 194 Å². The van der Waals surface area contributed by atoms with Crippen LogP contribution in [-0.4, -0.2) is 56.3 Å². The number of aliphatic hydroxyl groups is 1. The predicted octanol–water partition coefficient (Wildman–Crippen LogP) is 1.79. The van der Waals surface area contributed by atoms with E-state index in [1.54, 1.807) is 25.3 Å². The summed E-state index contributed by atoms with van der Waals surface area (Å²) in [6.07, 6.45) is 2.86. The number of ether oxygens (including phenoxy) is 1. The number of nitrogens with zero attached hydrogens (tertiary/aromatic N) is 2. The average Bonchev–Trinajstić information content (AvgIpc) is 2.77. The number of benzene rings is 1. The molecule has 0 saturated carbocycles. The first-order chi connectivity index (χ1) is 15.2. The first kappa shape index (κ1) is 25.3. The second-order valence-electron chi connectivity index (χ2n) is 6.17. The quantitative estimate of drug-likeness (QED) is 0.219. The molecule has 170 valence electrons. The summed E-state index contributed by atoms with van der Waals surface area (Å²) in [5.41, 5.74) is 1.16. The molecule has 0 aliphatic carbocycles. The van der Waals surface area contributed by atoms with Gasteiger partial charge in [0.25, 0.3) is 0 Å². The first-order valence-corrected chi connectivity index (χ1v) is 11.5. The molecule has 0 spiro atoms. The van der Waals surface area contributed by atoms with Gasteiger partial charge in [-0.05, 0) is 47.1 Å². The van der Waals surface area contributed by atoms with Crippen LogP contribution in [0.4, 0.5) is 17.5 Å². The number of hydrogen-bond donors (Lipinski definition) is 4. The number of methoxy groups -OCH3 is 1. The molecule has 0 unspecified atom stereocenters. The second kappa shape index (κ2) is 12.2. The molecule has 10 nitrogen and oxygen atoms in total. The molecule has 1 aromatic heterocycles. The van der Waals surface area contributed by atoms with Gasteiger partial charge < -0.3 is 20.5 Å². The fourth-order valence-corrected chi connectivity index (χ4v) is 3.60. The number of anilines is 3. The summed E-state index contributed by atoms with van der Waals surface area (Å²) in [7, 11) is -2.38. The molecule has 0 fully saturated rings. The van der Waals surface area contributed by atoms with Crippen LogP contribution in [0.15, 0.2) is 51.5 Å². The molecule has 0 amide bonds. The maximum atomic E-state index is 12.1. The van der Waals surface area contributed by atoms with Crippen molar-refractivity contribution >= 4 is 49.4 Å². The Kier molecular flexibility index (Phi) is 9.61. The largest absolute Gasteiger partial charge is 0.466 e. The van der Waals surface area contributed by atoms with Crippen LogP contribution in [0.1, 0.15) is 6.92 Å². The maximum absolute atomic E-state index is 12.1. The molecule has 0 aliphatic heterocycles. The highest BCUT2D eigenvalue weighted by Crippen LogP contribution is 2.22. The highest BCUT2D eigenvalue weighted by molar-refractivity contribution is 9.10. The van der Waals surface area contributed by atoms with Crippen molar-refractivity contribution in [1.82, 2.24) is 14.7 Å². The van der Waals surface area contributed by atoms with Gasteiger partial charge in [0.05, 0.1) is 29.6 Å². The number of sulfonamides is 1. The SMILES string of the molecule is COC(=O)C=C(C)C#CCNc1nc(Nc2ccc(S(=O)(=O)NCCO)cc2)ncc1Br. The van der Waals surface area contributed by atoms with Gasteiger partial charge in [0.15, 0.2) is 0 Å². The highest BCUT2D eigenvalue weighted by Gasteiger charge is 2.13. The summed E-state index contributed by atoms with van der Waals surface area (Å²) in [6, 6.07) is 6.02. The molecule has 0 atom stereocenters. The smallest absolute Gasteiger partial charge is 0.331 e. The fourth-order valence-electron chi connectivity index (χ4n) is 2.24. The van der Waals surface area contributed by atoms with E-state index in [2.05, 4.69) is 57.8 Å². The molecular weight excluding hydrogens is 502 g/mol. The number of aromatic nitrogens is 2. The number of halogens is 1. The standard InChI is InChI=1S/C20H22BrN5O5S/c1-14(12-18(28)31-2)4-3-9-22-19-17(21)13-23-20(26-19)25-15-5-7-16(8-6-15)32(29,30)24-10-11-27/h5-8,12-13,24,27H,9-11H2,1-2H3,(H2,22,23,25,26). The van der Waals surface area contributed by atoms with Gasteiger partial charge in [0.1, 0.15) is 5.82 Å². The van der Waals surface area contributed by atoms with E-state index in [1.165, 1.54) is 25.3 Å². The third kappa shape index (κ3) is 7.93. The van der Waals surface area contributed by atoms with Crippen LogP contribution in [0.3, 0.4) is 0 Å². The van der Waals surface area contributed by atoms with E-state index in [9.17, 15) is 13.2 Å². The summed E-state index contributed by atoms with van der Waals surface area (Å²) >= 11 is 3.36. The molecule has 0 saturated heterocycles. The van der Waals surface area contributed by atoms with Crippen LogP contribution in [0.5, 0.6) is 0 Å². The Balaban J connectivity index is 2.04. The van der Waals surface area contributed by atoms with Crippen molar-refractivity contribution < 1.29 is 23.1 Å². The number of nitrogens with one attached hydrogen (secondary N) is 3. The number of carbonyl (C=O) groups excluding carboxylic acids is 1. The van der Waals surface area contributed by atoms with Crippen LogP contribution in [0.25, 0.3) is 0 Å². The second-order valence-corrected chi connectivity index (χ2v) is 8.79. The molecule has 4 N–H and O–H groups in total. The zero-order valence-electron chi connectivity index (χ0n) is 17.3. The fraction of sp³-hybridized carbons (Fsp3) is 0.250. The van der Waals surface area contributed by atoms with E-state index in [0.29, 0.717) is 27.5 Å². The Morgan fingerprint density at radius 3 is 2.69 bits per heavy atom. The van der Waals surface area contributed by atoms with Gasteiger partial charge in [-0.25, -0.2) is 22.9 Å². The number of aliphatic hydroxyl groups excluding tert-OH is 1. The molecule has 2 rings (SSSR count). The average molecular weight is 524 g/mol. The van der Waals surface area contributed by atoms with E-state index < -0.39 is 16.0 Å². The molecule has 0 radical (unpaired) electrons. The maximum Gasteiger partial charge on any atom is 0.331 e. The van der Waals surface area contributed by atoms with Gasteiger partial charge in [-0.3, -0.25) is 0 Å². The van der Waals surface area contributed by atoms with Crippen LogP contribution in [0, 0.1) is 11.8 Å². The lowest BCUT2D eigenvalue weighted by atomic mass is 10.3. The zero-order chi connectivity index (χ0) is 23.6. The topological polar surface area (TPSA) is 143 Å². The minimum absolute atomic E-state index is 0.0592. The van der Waals surface area contributed by atoms with Crippen molar-refractivity contribution in [2.24, 2.45) is 0 Å². The molecular formula is C20H22BrN5O5S. The summed E-state index contributed by atoms with van der Waals surface area (Å²) in [4.78, 5) is 19.8. The highest BCUT2D eigenvalue weighted by atomic mass is 79.9. The van der Waals surface area contributed by atoms with Crippen molar-refractivity contribution in [2.75, 3.05) is 37.4 Å². The first-order valence-electron chi connectivity index (χ1n) is 9.24. The minimum Gasteiger partial charge on any atom is -0.466 e. The Bertz CT molecular complexity index is 1140. The van der Waals surface area contributed by atoms with Crippen molar-refractivity contribution in [2.45, 2.75) is 11.8 Å². The van der Waals surface area contributed by atoms with E-state index in [4.69, 9.17) is 5.11 Å². The van der Waals surface area contributed by atoms with Gasteiger partial charge in [-0.15, -0.1) is 0 Å². The Morgan fingerprint density at radius 2 is 2.03 bits per heavy atom. The molecule has 1 aromatic carbocycles. The number of esters is 1. The lowest BCUT2D eigenvalue weighted by molar-refractivity contribution is -0.134. The molecule has 0 aliphatic rings. The lowest BCUT2D eigenvalue weighted by Gasteiger charge is -2.10. The normalized spacial score (nSPS) is 11.3. The van der Waals surface area contributed by atoms with Crippen LogP contribution >= 0.6 is 15.9 Å². The van der Waals surface area contributed by atoms with Crippen molar-refractivity contribution in [1.29, 1.82) is 0 Å². The molecule has 32 heavy (non-hydrogen) atoms. The molecule has 1 heterocycles. The van der Waals surface area contributed by atoms with Crippen LogP contribution in [-0.2, 0) is 19.6 Å². The summed E-state index contributed by atoms with van der Waals surface area (Å²) in [5.74, 6) is 6.03. The van der Waals surface area contributed by atoms with Crippen molar-refractivity contribution in [3.05, 3.63) is 46.6 Å². The lowest BCUT2D eigenvalue weighted by Crippen LogP contribution is -2.26. The van der Waals surface area contributed by atoms with Crippen molar-refractivity contribution in [3.8, 4) is 11.8 Å². The van der Waals surface area contributed by atoms with E-state index in [1.807, 2.05) is 0 Å². The number of allylic oxidation sites excluding steroid dienone is 1. The summed E-state index contributed by atoms with van der Waals surface area (Å²) in [6.45, 7) is 1.63.